The maximum absolute atomic E-state index is 13.4. The largest absolute Gasteiger partial charge is 0.477 e. The van der Waals surface area contributed by atoms with Crippen LogP contribution in [-0.4, -0.2) is 12.2 Å². The molecule has 30 heavy (non-hydrogen) atoms. The Balaban J connectivity index is 1.82. The summed E-state index contributed by atoms with van der Waals surface area (Å²) >= 11 is 0. The predicted octanol–water partition coefficient (Wildman–Crippen LogP) is 6.26. The van der Waals surface area contributed by atoms with Crippen molar-refractivity contribution in [1.82, 2.24) is 0 Å². The van der Waals surface area contributed by atoms with Crippen molar-refractivity contribution in [2.75, 3.05) is 0 Å². The monoisotopic (exact) mass is 402 g/mol. The number of alkyl halides is 2. The topological polar surface area (TPSA) is 26.3 Å². The summed E-state index contributed by atoms with van der Waals surface area (Å²) in [6.07, 6.45) is 0.692. The molecule has 1 unspecified atom stereocenters. The van der Waals surface area contributed by atoms with Gasteiger partial charge in [-0.3, -0.25) is 4.79 Å². The van der Waals surface area contributed by atoms with E-state index < -0.39 is 17.8 Å². The van der Waals surface area contributed by atoms with Crippen molar-refractivity contribution < 1.29 is 18.3 Å². The van der Waals surface area contributed by atoms with Gasteiger partial charge in [0.15, 0.2) is 5.60 Å². The summed E-state index contributed by atoms with van der Waals surface area (Å²) in [6.45, 7) is 0. The van der Waals surface area contributed by atoms with E-state index in [1.165, 1.54) is 0 Å². The van der Waals surface area contributed by atoms with Crippen LogP contribution in [0.3, 0.4) is 0 Å². The summed E-state index contributed by atoms with van der Waals surface area (Å²) in [5.74, 6) is -0.984. The third kappa shape index (κ3) is 3.94. The summed E-state index contributed by atoms with van der Waals surface area (Å²) in [5, 5.41) is 0. The van der Waals surface area contributed by atoms with Gasteiger partial charge in [0.2, 0.25) is 5.78 Å². The second-order valence-corrected chi connectivity index (χ2v) is 7.12. The van der Waals surface area contributed by atoms with Gasteiger partial charge in [-0.05, 0) is 17.2 Å². The molecule has 1 aliphatic rings. The number of carbonyl (C=O) groups is 1. The van der Waals surface area contributed by atoms with Crippen LogP contribution in [0.15, 0.2) is 103 Å². The van der Waals surface area contributed by atoms with Crippen LogP contribution >= 0.6 is 0 Å². The standard InChI is InChI=1S/C26H20F2O2/c27-25(28)23(29)22-18-26(21-14-8-3-9-15-21,17-16-19-10-4-1-5-11-19)30-24(22)20-12-6-2-7-13-20/h1-17,25H,18H2/b17-16+. The van der Waals surface area contributed by atoms with E-state index >= 15 is 0 Å². The molecule has 0 amide bonds. The van der Waals surface area contributed by atoms with Gasteiger partial charge < -0.3 is 4.74 Å². The lowest BCUT2D eigenvalue weighted by Crippen LogP contribution is -2.24. The van der Waals surface area contributed by atoms with Crippen molar-refractivity contribution in [3.8, 4) is 0 Å². The van der Waals surface area contributed by atoms with Gasteiger partial charge >= 0.3 is 0 Å². The number of halogens is 2. The van der Waals surface area contributed by atoms with Crippen LogP contribution in [0.2, 0.25) is 0 Å². The van der Waals surface area contributed by atoms with Gasteiger partial charge in [-0.1, -0.05) is 97.1 Å². The van der Waals surface area contributed by atoms with E-state index in [-0.39, 0.29) is 17.8 Å². The highest BCUT2D eigenvalue weighted by Crippen LogP contribution is 2.47. The molecule has 4 heteroatoms. The van der Waals surface area contributed by atoms with Crippen LogP contribution in [0.1, 0.15) is 23.1 Å². The Morgan fingerprint density at radius 1 is 0.867 bits per heavy atom. The summed E-state index contributed by atoms with van der Waals surface area (Å²) < 4.78 is 33.2. The molecule has 1 aliphatic heterocycles. The van der Waals surface area contributed by atoms with Gasteiger partial charge in [0.25, 0.3) is 6.43 Å². The van der Waals surface area contributed by atoms with Gasteiger partial charge in [0, 0.05) is 17.6 Å². The third-order valence-corrected chi connectivity index (χ3v) is 5.14. The van der Waals surface area contributed by atoms with Crippen molar-refractivity contribution in [2.24, 2.45) is 0 Å². The molecule has 0 saturated carbocycles. The summed E-state index contributed by atoms with van der Waals surface area (Å²) in [7, 11) is 0. The van der Waals surface area contributed by atoms with Crippen LogP contribution in [0.5, 0.6) is 0 Å². The predicted molar refractivity (Wildman–Crippen MR) is 114 cm³/mol. The van der Waals surface area contributed by atoms with Crippen LogP contribution < -0.4 is 0 Å². The van der Waals surface area contributed by atoms with Crippen molar-refractivity contribution in [3.05, 3.63) is 119 Å². The number of ether oxygens (including phenoxy) is 1. The van der Waals surface area contributed by atoms with E-state index in [0.717, 1.165) is 11.1 Å². The fourth-order valence-corrected chi connectivity index (χ4v) is 3.64. The number of hydrogen-bond donors (Lipinski definition) is 0. The van der Waals surface area contributed by atoms with Crippen molar-refractivity contribution >= 4 is 17.6 Å². The smallest absolute Gasteiger partial charge is 0.300 e. The number of ketones is 1. The zero-order chi connectivity index (χ0) is 21.0. The Labute approximate surface area is 174 Å². The molecular weight excluding hydrogens is 382 g/mol. The minimum Gasteiger partial charge on any atom is -0.477 e. The molecule has 3 aromatic rings. The molecule has 0 aromatic heterocycles. The van der Waals surface area contributed by atoms with Crippen LogP contribution in [0.4, 0.5) is 8.78 Å². The average molecular weight is 402 g/mol. The molecule has 0 spiro atoms. The maximum Gasteiger partial charge on any atom is 0.300 e. The van der Waals surface area contributed by atoms with E-state index in [2.05, 4.69) is 0 Å². The first-order valence-electron chi connectivity index (χ1n) is 9.69. The van der Waals surface area contributed by atoms with Gasteiger partial charge in [0.1, 0.15) is 5.76 Å². The van der Waals surface area contributed by atoms with E-state index in [1.54, 1.807) is 24.3 Å². The van der Waals surface area contributed by atoms with Crippen LogP contribution in [0.25, 0.3) is 11.8 Å². The first-order valence-corrected chi connectivity index (χ1v) is 9.69. The molecule has 2 nitrogen and oxygen atoms in total. The summed E-state index contributed by atoms with van der Waals surface area (Å²) in [6, 6.07) is 28.0. The lowest BCUT2D eigenvalue weighted by atomic mass is 9.86. The fourth-order valence-electron chi connectivity index (χ4n) is 3.64. The highest BCUT2D eigenvalue weighted by molar-refractivity contribution is 6.04. The quantitative estimate of drug-likeness (QED) is 0.486. The highest BCUT2D eigenvalue weighted by atomic mass is 19.3. The molecule has 0 bridgehead atoms. The molecule has 0 saturated heterocycles. The third-order valence-electron chi connectivity index (χ3n) is 5.14. The molecule has 150 valence electrons. The molecule has 0 radical (unpaired) electrons. The molecule has 1 heterocycles. The second-order valence-electron chi connectivity index (χ2n) is 7.12. The molecule has 3 aromatic carbocycles. The van der Waals surface area contributed by atoms with E-state index in [0.29, 0.717) is 5.56 Å². The maximum atomic E-state index is 13.4. The molecule has 1 atom stereocenters. The zero-order valence-electron chi connectivity index (χ0n) is 16.2. The second kappa shape index (κ2) is 8.46. The van der Waals surface area contributed by atoms with Gasteiger partial charge in [-0.15, -0.1) is 0 Å². The van der Waals surface area contributed by atoms with Gasteiger partial charge in [-0.2, -0.15) is 0 Å². The minimum atomic E-state index is -3.09. The van der Waals surface area contributed by atoms with Crippen LogP contribution in [-0.2, 0) is 15.1 Å². The molecule has 0 fully saturated rings. The molecule has 4 rings (SSSR count). The van der Waals surface area contributed by atoms with E-state index in [1.807, 2.05) is 78.9 Å². The lowest BCUT2D eigenvalue weighted by molar-refractivity contribution is -0.125. The average Bonchev–Trinajstić information content (AvgIpc) is 3.20. The number of hydrogen-bond acceptors (Lipinski definition) is 2. The molecule has 0 N–H and O–H groups in total. The van der Waals surface area contributed by atoms with Gasteiger partial charge in [-0.25, -0.2) is 8.78 Å². The van der Waals surface area contributed by atoms with E-state index in [9.17, 15) is 13.6 Å². The number of benzene rings is 3. The number of Topliss-reactive ketones (excluding diaryl/α,β-unsaturated/α-hetero) is 1. The van der Waals surface area contributed by atoms with Crippen LogP contribution in [0, 0.1) is 0 Å². The Kier molecular flexibility index (Phi) is 5.57. The Hall–Kier alpha value is -3.53. The normalized spacial score (nSPS) is 18.8. The Morgan fingerprint density at radius 2 is 1.43 bits per heavy atom. The number of rotatable bonds is 6. The Morgan fingerprint density at radius 3 is 2.03 bits per heavy atom. The number of carbonyl (C=O) groups excluding carboxylic acids is 1. The Bertz CT molecular complexity index is 1070. The van der Waals surface area contributed by atoms with Crippen molar-refractivity contribution in [3.63, 3.8) is 0 Å². The first kappa shape index (κ1) is 19.8. The SMILES string of the molecule is O=C(C1=C(c2ccccc2)OC(/C=C/c2ccccc2)(c2ccccc2)C1)C(F)F. The van der Waals surface area contributed by atoms with Crippen molar-refractivity contribution in [1.29, 1.82) is 0 Å². The minimum absolute atomic E-state index is 0.0118. The van der Waals surface area contributed by atoms with Crippen molar-refractivity contribution in [2.45, 2.75) is 18.4 Å². The molecular formula is C26H20F2O2. The van der Waals surface area contributed by atoms with E-state index in [4.69, 9.17) is 4.74 Å². The molecule has 0 aliphatic carbocycles. The van der Waals surface area contributed by atoms with Gasteiger partial charge in [0.05, 0.1) is 0 Å². The first-order chi connectivity index (χ1) is 14.6. The highest BCUT2D eigenvalue weighted by Gasteiger charge is 2.44. The zero-order valence-corrected chi connectivity index (χ0v) is 16.2. The summed E-state index contributed by atoms with van der Waals surface area (Å²) in [5.41, 5.74) is 1.31. The fraction of sp³-hybridized carbons (Fsp3) is 0.115. The lowest BCUT2D eigenvalue weighted by Gasteiger charge is -2.27. The summed E-state index contributed by atoms with van der Waals surface area (Å²) in [4.78, 5) is 12.4.